The molecule has 0 aliphatic carbocycles. The molecule has 1 unspecified atom stereocenters. The molecule has 0 saturated carbocycles. The van der Waals surface area contributed by atoms with Crippen LogP contribution in [0.2, 0.25) is 0 Å². The van der Waals surface area contributed by atoms with E-state index in [9.17, 15) is 4.79 Å². The highest BCUT2D eigenvalue weighted by Gasteiger charge is 2.22. The first kappa shape index (κ1) is 23.9. The Kier molecular flexibility index (Phi) is 6.77. The second-order valence-corrected chi connectivity index (χ2v) is 8.27. The number of hydrogen-bond donors (Lipinski definition) is 1. The Bertz CT molecular complexity index is 1360. The molecule has 4 aromatic rings. The topological polar surface area (TPSA) is 96.3 Å². The Balaban J connectivity index is 1.62. The lowest BCUT2D eigenvalue weighted by Gasteiger charge is -2.20. The van der Waals surface area contributed by atoms with Gasteiger partial charge in [-0.2, -0.15) is 0 Å². The van der Waals surface area contributed by atoms with Crippen LogP contribution in [0.3, 0.4) is 0 Å². The smallest absolute Gasteiger partial charge is 0.244 e. The van der Waals surface area contributed by atoms with Crippen LogP contribution in [0.4, 0.5) is 0 Å². The van der Waals surface area contributed by atoms with Crippen LogP contribution in [0.1, 0.15) is 40.1 Å². The number of methoxy groups -OCH3 is 2. The van der Waals surface area contributed by atoms with Gasteiger partial charge in [0.1, 0.15) is 29.1 Å². The third kappa shape index (κ3) is 4.98. The number of nitrogens with one attached hydrogen (secondary N) is 1. The van der Waals surface area contributed by atoms with Crippen LogP contribution in [0, 0.1) is 20.8 Å². The van der Waals surface area contributed by atoms with Gasteiger partial charge in [0.25, 0.3) is 0 Å². The summed E-state index contributed by atoms with van der Waals surface area (Å²) in [5.74, 6) is 3.11. The van der Waals surface area contributed by atoms with Crippen molar-refractivity contribution in [1.29, 1.82) is 0 Å². The minimum absolute atomic E-state index is 0.262. The number of hydrogen-bond acceptors (Lipinski definition) is 6. The lowest BCUT2D eigenvalue weighted by atomic mass is 10.0. The average Bonchev–Trinajstić information content (AvgIpc) is 3.54. The number of ether oxygens (including phenoxy) is 2. The third-order valence-electron chi connectivity index (χ3n) is 5.84. The van der Waals surface area contributed by atoms with Crippen LogP contribution >= 0.6 is 0 Å². The number of aryl methyl sites for hydroxylation is 3. The monoisotopic (exact) mass is 475 g/mol. The molecule has 9 heteroatoms. The molecule has 4 rings (SSSR count). The maximum Gasteiger partial charge on any atom is 0.244 e. The molecule has 0 bridgehead atoms. The van der Waals surface area contributed by atoms with Crippen molar-refractivity contribution in [3.8, 4) is 17.3 Å². The van der Waals surface area contributed by atoms with E-state index in [1.807, 2.05) is 67.4 Å². The number of carbonyl (C=O) groups is 1. The van der Waals surface area contributed by atoms with Gasteiger partial charge in [-0.3, -0.25) is 9.36 Å². The molecule has 35 heavy (non-hydrogen) atoms. The first-order valence-electron chi connectivity index (χ1n) is 11.1. The Labute approximate surface area is 204 Å². The quantitative estimate of drug-likeness (QED) is 0.386. The molecule has 0 radical (unpaired) electrons. The molecule has 0 saturated heterocycles. The first-order valence-corrected chi connectivity index (χ1v) is 11.1. The van der Waals surface area contributed by atoms with Crippen molar-refractivity contribution >= 4 is 12.0 Å². The molecule has 0 aliphatic heterocycles. The summed E-state index contributed by atoms with van der Waals surface area (Å²) in [5.41, 5.74) is 3.65. The van der Waals surface area contributed by atoms with E-state index < -0.39 is 6.04 Å². The van der Waals surface area contributed by atoms with E-state index in [4.69, 9.17) is 14.0 Å². The molecular formula is C26H29N5O4. The van der Waals surface area contributed by atoms with Crippen molar-refractivity contribution in [2.45, 2.75) is 26.8 Å². The zero-order valence-corrected chi connectivity index (χ0v) is 20.7. The van der Waals surface area contributed by atoms with Crippen molar-refractivity contribution in [2.75, 3.05) is 14.2 Å². The summed E-state index contributed by atoms with van der Waals surface area (Å²) in [7, 11) is 5.06. The third-order valence-corrected chi connectivity index (χ3v) is 5.84. The van der Waals surface area contributed by atoms with Crippen molar-refractivity contribution in [3.05, 3.63) is 82.9 Å². The summed E-state index contributed by atoms with van der Waals surface area (Å²) < 4.78 is 19.9. The van der Waals surface area contributed by atoms with Crippen LogP contribution < -0.4 is 14.8 Å². The maximum atomic E-state index is 13.1. The zero-order chi connectivity index (χ0) is 25.1. The minimum atomic E-state index is -0.512. The average molecular weight is 476 g/mol. The standard InChI is InChI=1S/C26H29N5O4/c1-16-11-19(18(3)31(16)23-12-17(2)35-29-23)7-8-24(32)28-25(26-27-9-10-30(26)4)20-13-21(33-5)15-22(14-20)34-6/h7-15,25H,1-6H3,(H,28,32)/b8-7+. The van der Waals surface area contributed by atoms with Gasteiger partial charge in [-0.15, -0.1) is 0 Å². The fourth-order valence-corrected chi connectivity index (χ4v) is 4.07. The Morgan fingerprint density at radius 3 is 2.37 bits per heavy atom. The Morgan fingerprint density at radius 2 is 1.80 bits per heavy atom. The van der Waals surface area contributed by atoms with Crippen molar-refractivity contribution in [3.63, 3.8) is 0 Å². The minimum Gasteiger partial charge on any atom is -0.497 e. The number of benzene rings is 1. The highest BCUT2D eigenvalue weighted by molar-refractivity contribution is 5.92. The van der Waals surface area contributed by atoms with E-state index in [2.05, 4.69) is 15.5 Å². The van der Waals surface area contributed by atoms with Crippen molar-refractivity contribution in [2.24, 2.45) is 7.05 Å². The molecule has 3 aromatic heterocycles. The van der Waals surface area contributed by atoms with Crippen LogP contribution in [0.25, 0.3) is 11.9 Å². The number of nitrogens with zero attached hydrogens (tertiary/aromatic N) is 4. The number of aromatic nitrogens is 4. The molecular weight excluding hydrogens is 446 g/mol. The molecule has 1 atom stereocenters. The SMILES string of the molecule is COc1cc(OC)cc(C(NC(=O)/C=C/c2cc(C)n(-c3cc(C)on3)c2C)c2nccn2C)c1. The van der Waals surface area contributed by atoms with Crippen LogP contribution in [-0.2, 0) is 11.8 Å². The number of amides is 1. The fourth-order valence-electron chi connectivity index (χ4n) is 4.07. The van der Waals surface area contributed by atoms with Gasteiger partial charge in [0.15, 0.2) is 5.82 Å². The van der Waals surface area contributed by atoms with E-state index in [1.54, 1.807) is 32.6 Å². The van der Waals surface area contributed by atoms with Gasteiger partial charge < -0.3 is 23.9 Å². The zero-order valence-electron chi connectivity index (χ0n) is 20.7. The van der Waals surface area contributed by atoms with E-state index in [0.29, 0.717) is 23.1 Å². The lowest BCUT2D eigenvalue weighted by Crippen LogP contribution is -2.29. The predicted octanol–water partition coefficient (Wildman–Crippen LogP) is 4.06. The lowest BCUT2D eigenvalue weighted by molar-refractivity contribution is -0.117. The second-order valence-electron chi connectivity index (χ2n) is 8.27. The van der Waals surface area contributed by atoms with E-state index in [-0.39, 0.29) is 5.91 Å². The van der Waals surface area contributed by atoms with E-state index >= 15 is 0 Å². The van der Waals surface area contributed by atoms with Crippen molar-refractivity contribution < 1.29 is 18.8 Å². The van der Waals surface area contributed by atoms with Gasteiger partial charge in [0.2, 0.25) is 5.91 Å². The molecule has 0 spiro atoms. The van der Waals surface area contributed by atoms with Gasteiger partial charge in [0.05, 0.1) is 14.2 Å². The van der Waals surface area contributed by atoms with Crippen LogP contribution in [0.5, 0.6) is 11.5 Å². The van der Waals surface area contributed by atoms with Gasteiger partial charge in [-0.25, -0.2) is 4.98 Å². The first-order chi connectivity index (χ1) is 16.8. The molecule has 1 amide bonds. The number of carbonyl (C=O) groups excluding carboxylic acids is 1. The summed E-state index contributed by atoms with van der Waals surface area (Å²) >= 11 is 0. The van der Waals surface area contributed by atoms with Crippen molar-refractivity contribution in [1.82, 2.24) is 24.6 Å². The summed E-state index contributed by atoms with van der Waals surface area (Å²) in [5, 5.41) is 7.18. The normalized spacial score (nSPS) is 12.2. The predicted molar refractivity (Wildman–Crippen MR) is 132 cm³/mol. The number of imidazole rings is 1. The molecule has 182 valence electrons. The van der Waals surface area contributed by atoms with Crippen LogP contribution in [-0.4, -0.2) is 39.4 Å². The molecule has 0 aliphatic rings. The molecule has 1 aromatic carbocycles. The van der Waals surface area contributed by atoms with E-state index in [1.165, 1.54) is 6.08 Å². The van der Waals surface area contributed by atoms with Gasteiger partial charge >= 0.3 is 0 Å². The van der Waals surface area contributed by atoms with Gasteiger partial charge in [-0.05, 0) is 56.2 Å². The maximum absolute atomic E-state index is 13.1. The molecule has 1 N–H and O–H groups in total. The Hall–Kier alpha value is -4.27. The number of rotatable bonds is 8. The molecule has 3 heterocycles. The fraction of sp³-hybridized carbons (Fsp3) is 0.269. The summed E-state index contributed by atoms with van der Waals surface area (Å²) in [4.78, 5) is 17.5. The molecule has 0 fully saturated rings. The summed E-state index contributed by atoms with van der Waals surface area (Å²) in [6, 6.07) is 8.87. The highest BCUT2D eigenvalue weighted by Crippen LogP contribution is 2.29. The van der Waals surface area contributed by atoms with Crippen LogP contribution in [0.15, 0.2) is 53.3 Å². The largest absolute Gasteiger partial charge is 0.497 e. The van der Waals surface area contributed by atoms with Gasteiger partial charge in [0, 0.05) is 49.0 Å². The van der Waals surface area contributed by atoms with E-state index in [0.717, 1.165) is 28.3 Å². The summed E-state index contributed by atoms with van der Waals surface area (Å²) in [6.45, 7) is 5.82. The Morgan fingerprint density at radius 1 is 1.09 bits per heavy atom. The highest BCUT2D eigenvalue weighted by atomic mass is 16.5. The summed E-state index contributed by atoms with van der Waals surface area (Å²) in [6.07, 6.45) is 6.85. The van der Waals surface area contributed by atoms with Gasteiger partial charge in [-0.1, -0.05) is 5.16 Å². The molecule has 9 nitrogen and oxygen atoms in total. The second kappa shape index (κ2) is 9.92.